The van der Waals surface area contributed by atoms with Crippen molar-refractivity contribution in [3.05, 3.63) is 5.82 Å². The van der Waals surface area contributed by atoms with E-state index in [1.807, 2.05) is 0 Å². The van der Waals surface area contributed by atoms with Crippen molar-refractivity contribution in [3.8, 4) is 0 Å². The van der Waals surface area contributed by atoms with Crippen molar-refractivity contribution in [1.82, 2.24) is 20.5 Å². The Hall–Kier alpha value is -1.10. The van der Waals surface area contributed by atoms with Gasteiger partial charge in [-0.25, -0.2) is 0 Å². The Morgan fingerprint density at radius 1 is 1.41 bits per heavy atom. The molecule has 0 bridgehead atoms. The molecule has 96 valence electrons. The van der Waals surface area contributed by atoms with Gasteiger partial charge in [0, 0.05) is 32.1 Å². The molecule has 17 heavy (non-hydrogen) atoms. The van der Waals surface area contributed by atoms with Gasteiger partial charge in [-0.3, -0.25) is 5.10 Å². The summed E-state index contributed by atoms with van der Waals surface area (Å²) in [5, 5.41) is 10.8. The first-order valence-corrected chi connectivity index (χ1v) is 6.34. The molecular weight excluding hydrogens is 214 g/mol. The van der Waals surface area contributed by atoms with Crippen molar-refractivity contribution >= 4 is 5.95 Å². The lowest BCUT2D eigenvalue weighted by atomic mass is 9.92. The first kappa shape index (κ1) is 12.4. The van der Waals surface area contributed by atoms with E-state index in [0.29, 0.717) is 6.04 Å². The first-order chi connectivity index (χ1) is 7.94. The normalized spacial score (nSPS) is 21.9. The van der Waals surface area contributed by atoms with Gasteiger partial charge >= 0.3 is 0 Å². The molecule has 0 aromatic carbocycles. The van der Waals surface area contributed by atoms with Crippen LogP contribution in [-0.2, 0) is 6.42 Å². The van der Waals surface area contributed by atoms with Gasteiger partial charge < -0.3 is 10.2 Å². The quantitative estimate of drug-likeness (QED) is 0.811. The van der Waals surface area contributed by atoms with Crippen LogP contribution in [0.4, 0.5) is 5.95 Å². The fraction of sp³-hybridized carbons (Fsp3) is 0.833. The molecule has 0 aliphatic carbocycles. The van der Waals surface area contributed by atoms with Crippen LogP contribution >= 0.6 is 0 Å². The first-order valence-electron chi connectivity index (χ1n) is 6.34. The van der Waals surface area contributed by atoms with Crippen LogP contribution in [0.5, 0.6) is 0 Å². The molecule has 1 aliphatic rings. The van der Waals surface area contributed by atoms with Crippen LogP contribution in [-0.4, -0.2) is 40.9 Å². The van der Waals surface area contributed by atoms with E-state index in [9.17, 15) is 0 Å². The number of hydrogen-bond acceptors (Lipinski definition) is 4. The number of nitrogens with one attached hydrogen (secondary N) is 2. The molecule has 2 heterocycles. The fourth-order valence-corrected chi connectivity index (χ4v) is 2.12. The Kier molecular flexibility index (Phi) is 3.38. The van der Waals surface area contributed by atoms with Crippen LogP contribution in [0.2, 0.25) is 0 Å². The van der Waals surface area contributed by atoms with Gasteiger partial charge in [0.25, 0.3) is 0 Å². The maximum Gasteiger partial charge on any atom is 0.244 e. The Morgan fingerprint density at radius 2 is 2.18 bits per heavy atom. The van der Waals surface area contributed by atoms with Gasteiger partial charge in [0.05, 0.1) is 0 Å². The Morgan fingerprint density at radius 3 is 2.82 bits per heavy atom. The van der Waals surface area contributed by atoms with E-state index < -0.39 is 0 Å². The smallest absolute Gasteiger partial charge is 0.244 e. The Bertz CT molecular complexity index is 365. The number of aromatic amines is 1. The van der Waals surface area contributed by atoms with Gasteiger partial charge in [-0.15, -0.1) is 5.10 Å². The van der Waals surface area contributed by atoms with Crippen LogP contribution in [0.1, 0.15) is 33.5 Å². The zero-order valence-electron chi connectivity index (χ0n) is 11.2. The maximum absolute atomic E-state index is 4.59. The molecule has 1 aromatic heterocycles. The van der Waals surface area contributed by atoms with Crippen molar-refractivity contribution in [2.75, 3.05) is 24.5 Å². The van der Waals surface area contributed by atoms with Crippen LogP contribution in [0.25, 0.3) is 0 Å². The molecule has 1 unspecified atom stereocenters. The Balaban J connectivity index is 2.02. The number of rotatable bonds is 2. The standard InChI is InChI=1S/C12H23N5/c1-9-8-17(6-5-13-9)11-14-10(15-16-11)7-12(2,3)4/h9,13H,5-8H2,1-4H3,(H,14,15,16). The predicted molar refractivity (Wildman–Crippen MR) is 69.2 cm³/mol. The van der Waals surface area contributed by atoms with Crippen LogP contribution in [0.15, 0.2) is 0 Å². The average molecular weight is 237 g/mol. The lowest BCUT2D eigenvalue weighted by molar-refractivity contribution is 0.401. The van der Waals surface area contributed by atoms with E-state index in [4.69, 9.17) is 0 Å². The van der Waals surface area contributed by atoms with Gasteiger partial charge in [0.1, 0.15) is 5.82 Å². The van der Waals surface area contributed by atoms with Gasteiger partial charge in [-0.1, -0.05) is 20.8 Å². The van der Waals surface area contributed by atoms with Crippen molar-refractivity contribution in [2.24, 2.45) is 5.41 Å². The summed E-state index contributed by atoms with van der Waals surface area (Å²) in [7, 11) is 0. The van der Waals surface area contributed by atoms with Crippen molar-refractivity contribution in [2.45, 2.75) is 40.2 Å². The molecule has 0 amide bonds. The van der Waals surface area contributed by atoms with Crippen LogP contribution < -0.4 is 10.2 Å². The molecule has 1 aliphatic heterocycles. The molecule has 0 spiro atoms. The number of hydrogen-bond donors (Lipinski definition) is 2. The summed E-state index contributed by atoms with van der Waals surface area (Å²) in [6, 6.07) is 0.508. The summed E-state index contributed by atoms with van der Waals surface area (Å²) in [6.45, 7) is 11.8. The molecular formula is C12H23N5. The largest absolute Gasteiger partial charge is 0.337 e. The van der Waals surface area contributed by atoms with E-state index in [2.05, 4.69) is 53.1 Å². The number of anilines is 1. The van der Waals surface area contributed by atoms with E-state index in [-0.39, 0.29) is 5.41 Å². The van der Waals surface area contributed by atoms with Gasteiger partial charge in [0.2, 0.25) is 5.95 Å². The highest BCUT2D eigenvalue weighted by Crippen LogP contribution is 2.19. The van der Waals surface area contributed by atoms with E-state index in [1.165, 1.54) is 0 Å². The molecule has 5 heteroatoms. The zero-order chi connectivity index (χ0) is 12.5. The summed E-state index contributed by atoms with van der Waals surface area (Å²) in [5.41, 5.74) is 0.244. The molecule has 0 radical (unpaired) electrons. The van der Waals surface area contributed by atoms with E-state index >= 15 is 0 Å². The molecule has 1 saturated heterocycles. The Labute approximate surface area is 103 Å². The van der Waals surface area contributed by atoms with Crippen molar-refractivity contribution < 1.29 is 0 Å². The van der Waals surface area contributed by atoms with Gasteiger partial charge in [-0.2, -0.15) is 4.98 Å². The summed E-state index contributed by atoms with van der Waals surface area (Å²) >= 11 is 0. The third kappa shape index (κ3) is 3.43. The summed E-state index contributed by atoms with van der Waals surface area (Å²) in [6.07, 6.45) is 0.932. The number of piperazine rings is 1. The molecule has 1 aromatic rings. The molecule has 5 nitrogen and oxygen atoms in total. The highest BCUT2D eigenvalue weighted by atomic mass is 15.4. The third-order valence-corrected chi connectivity index (χ3v) is 2.87. The molecule has 2 N–H and O–H groups in total. The van der Waals surface area contributed by atoms with E-state index in [0.717, 1.165) is 37.8 Å². The molecule has 0 saturated carbocycles. The highest BCUT2D eigenvalue weighted by Gasteiger charge is 2.20. The minimum Gasteiger partial charge on any atom is -0.337 e. The maximum atomic E-state index is 4.59. The van der Waals surface area contributed by atoms with Crippen LogP contribution in [0, 0.1) is 5.41 Å². The average Bonchev–Trinajstić information content (AvgIpc) is 2.63. The second kappa shape index (κ2) is 4.64. The monoisotopic (exact) mass is 237 g/mol. The molecule has 2 rings (SSSR count). The van der Waals surface area contributed by atoms with E-state index in [1.54, 1.807) is 0 Å². The molecule has 1 atom stereocenters. The zero-order valence-corrected chi connectivity index (χ0v) is 11.2. The topological polar surface area (TPSA) is 56.8 Å². The number of nitrogens with zero attached hydrogens (tertiary/aromatic N) is 3. The van der Waals surface area contributed by atoms with Crippen molar-refractivity contribution in [3.63, 3.8) is 0 Å². The summed E-state index contributed by atoms with van der Waals surface area (Å²) in [4.78, 5) is 6.83. The second-order valence-corrected chi connectivity index (χ2v) is 6.12. The highest BCUT2D eigenvalue weighted by molar-refractivity contribution is 5.30. The lowest BCUT2D eigenvalue weighted by Crippen LogP contribution is -2.49. The summed E-state index contributed by atoms with van der Waals surface area (Å²) in [5.74, 6) is 1.83. The second-order valence-electron chi connectivity index (χ2n) is 6.12. The summed E-state index contributed by atoms with van der Waals surface area (Å²) < 4.78 is 0. The molecule has 1 fully saturated rings. The lowest BCUT2D eigenvalue weighted by Gasteiger charge is -2.30. The predicted octanol–water partition coefficient (Wildman–Crippen LogP) is 1.19. The third-order valence-electron chi connectivity index (χ3n) is 2.87. The number of aromatic nitrogens is 3. The van der Waals surface area contributed by atoms with Gasteiger partial charge in [0.15, 0.2) is 0 Å². The minimum atomic E-state index is 0.244. The number of H-pyrrole nitrogens is 1. The fourth-order valence-electron chi connectivity index (χ4n) is 2.12. The SMILES string of the molecule is CC1CN(c2n[nH]c(CC(C)(C)C)n2)CCN1. The van der Waals surface area contributed by atoms with Gasteiger partial charge in [-0.05, 0) is 12.3 Å². The minimum absolute atomic E-state index is 0.244. The van der Waals surface area contributed by atoms with Crippen LogP contribution in [0.3, 0.4) is 0 Å². The van der Waals surface area contributed by atoms with Crippen molar-refractivity contribution in [1.29, 1.82) is 0 Å².